The Kier molecular flexibility index (Phi) is 4.76. The van der Waals surface area contributed by atoms with Crippen molar-refractivity contribution in [3.05, 3.63) is 48.0 Å². The summed E-state index contributed by atoms with van der Waals surface area (Å²) in [7, 11) is 1.61. The number of methoxy groups -OCH3 is 1. The number of ether oxygens (including phenoxy) is 1. The molecule has 5 nitrogen and oxygen atoms in total. The molecule has 0 aliphatic carbocycles. The average molecular weight is 341 g/mol. The summed E-state index contributed by atoms with van der Waals surface area (Å²) in [5, 5.41) is 3.37. The van der Waals surface area contributed by atoms with E-state index in [1.165, 1.54) is 17.3 Å². The zero-order valence-electron chi connectivity index (χ0n) is 13.8. The molecule has 6 heteroatoms. The van der Waals surface area contributed by atoms with Crippen LogP contribution in [-0.2, 0) is 4.79 Å². The molecule has 24 heavy (non-hydrogen) atoms. The van der Waals surface area contributed by atoms with Crippen molar-refractivity contribution in [3.63, 3.8) is 0 Å². The number of hydrogen-bond acceptors (Lipinski definition) is 4. The van der Waals surface area contributed by atoms with Crippen LogP contribution in [0.1, 0.15) is 12.5 Å². The predicted octanol–water partition coefficient (Wildman–Crippen LogP) is 4.00. The number of hydrogen-bond donors (Lipinski definition) is 2. The third-order valence-electron chi connectivity index (χ3n) is 3.63. The van der Waals surface area contributed by atoms with E-state index in [2.05, 4.69) is 21.4 Å². The number of carbonyl (C=O) groups is 1. The topological polar surface area (TPSA) is 67.0 Å². The van der Waals surface area contributed by atoms with E-state index in [4.69, 9.17) is 4.74 Å². The molecule has 1 unspecified atom stereocenters. The summed E-state index contributed by atoms with van der Waals surface area (Å²) >= 11 is 1.41. The van der Waals surface area contributed by atoms with Gasteiger partial charge in [0.2, 0.25) is 5.91 Å². The van der Waals surface area contributed by atoms with Crippen LogP contribution in [-0.4, -0.2) is 28.2 Å². The lowest BCUT2D eigenvalue weighted by atomic mass is 10.2. The molecule has 124 valence electrons. The van der Waals surface area contributed by atoms with Gasteiger partial charge in [0.15, 0.2) is 5.16 Å². The molecule has 3 rings (SSSR count). The highest BCUT2D eigenvalue weighted by Crippen LogP contribution is 2.25. The number of rotatable bonds is 5. The number of fused-ring (bicyclic) bond motifs is 1. The minimum absolute atomic E-state index is 0.0678. The molecule has 0 saturated carbocycles. The number of aromatic amines is 1. The van der Waals surface area contributed by atoms with E-state index in [0.717, 1.165) is 27.6 Å². The van der Waals surface area contributed by atoms with Crippen LogP contribution in [0, 0.1) is 6.92 Å². The summed E-state index contributed by atoms with van der Waals surface area (Å²) in [4.78, 5) is 20.1. The van der Waals surface area contributed by atoms with Crippen molar-refractivity contribution < 1.29 is 9.53 Å². The first-order valence-electron chi connectivity index (χ1n) is 7.63. The van der Waals surface area contributed by atoms with Crippen molar-refractivity contribution in [3.8, 4) is 5.75 Å². The summed E-state index contributed by atoms with van der Waals surface area (Å²) < 4.78 is 5.11. The van der Waals surface area contributed by atoms with Crippen molar-refractivity contribution in [2.24, 2.45) is 0 Å². The lowest BCUT2D eigenvalue weighted by Gasteiger charge is -2.11. The Morgan fingerprint density at radius 3 is 2.71 bits per heavy atom. The largest absolute Gasteiger partial charge is 0.497 e. The summed E-state index contributed by atoms with van der Waals surface area (Å²) in [6.07, 6.45) is 0. The van der Waals surface area contributed by atoms with Gasteiger partial charge in [-0.25, -0.2) is 4.98 Å². The van der Waals surface area contributed by atoms with E-state index in [9.17, 15) is 4.79 Å². The van der Waals surface area contributed by atoms with Crippen molar-refractivity contribution >= 4 is 34.4 Å². The average Bonchev–Trinajstić information content (AvgIpc) is 2.96. The highest BCUT2D eigenvalue weighted by molar-refractivity contribution is 8.00. The maximum atomic E-state index is 12.3. The minimum atomic E-state index is -0.270. The quantitative estimate of drug-likeness (QED) is 0.688. The molecule has 0 fully saturated rings. The summed E-state index contributed by atoms with van der Waals surface area (Å²) in [5.74, 6) is 0.690. The molecule has 0 saturated heterocycles. The number of amides is 1. The van der Waals surface area contributed by atoms with Crippen LogP contribution < -0.4 is 10.1 Å². The number of nitrogens with zero attached hydrogens (tertiary/aromatic N) is 1. The molecule has 0 radical (unpaired) electrons. The second kappa shape index (κ2) is 6.97. The molecule has 3 aromatic rings. The number of anilines is 1. The van der Waals surface area contributed by atoms with Crippen LogP contribution in [0.4, 0.5) is 5.69 Å². The number of imidazole rings is 1. The number of benzene rings is 2. The molecule has 1 amide bonds. The standard InChI is InChI=1S/C18H19N3O2S/c1-11-4-9-15-16(10-11)21-18(20-15)24-12(2)17(22)19-13-5-7-14(23-3)8-6-13/h4-10,12H,1-3H3,(H,19,22)(H,20,21). The molecule has 2 aromatic carbocycles. The molecular weight excluding hydrogens is 322 g/mol. The molecule has 1 aromatic heterocycles. The van der Waals surface area contributed by atoms with E-state index >= 15 is 0 Å². The number of carbonyl (C=O) groups excluding carboxylic acids is 1. The number of thioether (sulfide) groups is 1. The third kappa shape index (κ3) is 3.71. The van der Waals surface area contributed by atoms with Gasteiger partial charge in [0.25, 0.3) is 0 Å². The van der Waals surface area contributed by atoms with Gasteiger partial charge in [0.1, 0.15) is 5.75 Å². The maximum absolute atomic E-state index is 12.3. The number of aromatic nitrogens is 2. The fourth-order valence-electron chi connectivity index (χ4n) is 2.30. The Balaban J connectivity index is 1.65. The van der Waals surface area contributed by atoms with Gasteiger partial charge >= 0.3 is 0 Å². The summed E-state index contributed by atoms with van der Waals surface area (Å²) in [6.45, 7) is 3.90. The minimum Gasteiger partial charge on any atom is -0.497 e. The van der Waals surface area contributed by atoms with Gasteiger partial charge in [0.05, 0.1) is 23.4 Å². The second-order valence-electron chi connectivity index (χ2n) is 5.54. The lowest BCUT2D eigenvalue weighted by molar-refractivity contribution is -0.115. The van der Waals surface area contributed by atoms with Gasteiger partial charge in [-0.3, -0.25) is 4.79 Å². The number of aryl methyl sites for hydroxylation is 1. The van der Waals surface area contributed by atoms with Gasteiger partial charge in [-0.15, -0.1) is 0 Å². The lowest BCUT2D eigenvalue weighted by Crippen LogP contribution is -2.22. The summed E-state index contributed by atoms with van der Waals surface area (Å²) in [5.41, 5.74) is 3.81. The van der Waals surface area contributed by atoms with Crippen LogP contribution >= 0.6 is 11.8 Å². The highest BCUT2D eigenvalue weighted by Gasteiger charge is 2.17. The molecule has 0 aliphatic heterocycles. The molecule has 0 spiro atoms. The second-order valence-corrected chi connectivity index (χ2v) is 6.87. The molecular formula is C18H19N3O2S. The van der Waals surface area contributed by atoms with E-state index in [1.54, 1.807) is 7.11 Å². The van der Waals surface area contributed by atoms with Crippen molar-refractivity contribution in [2.45, 2.75) is 24.3 Å². The molecule has 1 atom stereocenters. The SMILES string of the molecule is COc1ccc(NC(=O)C(C)Sc2nc3ccc(C)cc3[nH]2)cc1. The zero-order valence-corrected chi connectivity index (χ0v) is 14.6. The molecule has 0 bridgehead atoms. The first-order valence-corrected chi connectivity index (χ1v) is 8.51. The van der Waals surface area contributed by atoms with Gasteiger partial charge in [-0.1, -0.05) is 17.8 Å². The third-order valence-corrected chi connectivity index (χ3v) is 4.62. The van der Waals surface area contributed by atoms with E-state index < -0.39 is 0 Å². The zero-order chi connectivity index (χ0) is 17.1. The fourth-order valence-corrected chi connectivity index (χ4v) is 3.12. The van der Waals surface area contributed by atoms with Crippen molar-refractivity contribution in [1.29, 1.82) is 0 Å². The maximum Gasteiger partial charge on any atom is 0.237 e. The van der Waals surface area contributed by atoms with E-state index in [1.807, 2.05) is 50.2 Å². The Labute approximate surface area is 144 Å². The van der Waals surface area contributed by atoms with Crippen molar-refractivity contribution in [1.82, 2.24) is 9.97 Å². The van der Waals surface area contributed by atoms with Gasteiger partial charge in [0, 0.05) is 5.69 Å². The number of H-pyrrole nitrogens is 1. The molecule has 2 N–H and O–H groups in total. The monoisotopic (exact) mass is 341 g/mol. The van der Waals surface area contributed by atoms with Crippen LogP contribution in [0.2, 0.25) is 0 Å². The van der Waals surface area contributed by atoms with E-state index in [0.29, 0.717) is 0 Å². The Bertz CT molecular complexity index is 858. The van der Waals surface area contributed by atoms with E-state index in [-0.39, 0.29) is 11.2 Å². The highest BCUT2D eigenvalue weighted by atomic mass is 32.2. The Morgan fingerprint density at radius 1 is 1.25 bits per heavy atom. The van der Waals surface area contributed by atoms with Crippen LogP contribution in [0.5, 0.6) is 5.75 Å². The number of nitrogens with one attached hydrogen (secondary N) is 2. The fraction of sp³-hybridized carbons (Fsp3) is 0.222. The Hall–Kier alpha value is -2.47. The van der Waals surface area contributed by atoms with Gasteiger partial charge in [-0.2, -0.15) is 0 Å². The molecule has 1 heterocycles. The first-order chi connectivity index (χ1) is 11.5. The normalized spacial score (nSPS) is 12.1. The van der Waals surface area contributed by atoms with Gasteiger partial charge in [-0.05, 0) is 55.8 Å². The smallest absolute Gasteiger partial charge is 0.237 e. The Morgan fingerprint density at radius 2 is 2.00 bits per heavy atom. The predicted molar refractivity (Wildman–Crippen MR) is 97.8 cm³/mol. The van der Waals surface area contributed by atoms with Crippen LogP contribution in [0.25, 0.3) is 11.0 Å². The summed E-state index contributed by atoms with van der Waals surface area (Å²) in [6, 6.07) is 13.3. The van der Waals surface area contributed by atoms with Crippen molar-refractivity contribution in [2.75, 3.05) is 12.4 Å². The van der Waals surface area contributed by atoms with Crippen LogP contribution in [0.15, 0.2) is 47.6 Å². The van der Waals surface area contributed by atoms with Crippen LogP contribution in [0.3, 0.4) is 0 Å². The first kappa shape index (κ1) is 16.4. The molecule has 0 aliphatic rings. The van der Waals surface area contributed by atoms with Gasteiger partial charge < -0.3 is 15.0 Å².